The van der Waals surface area contributed by atoms with Gasteiger partial charge in [0.05, 0.1) is 9.85 Å². The first-order valence-corrected chi connectivity index (χ1v) is 10.5. The van der Waals surface area contributed by atoms with E-state index in [1.54, 1.807) is 6.08 Å². The molecule has 0 aromatic heterocycles. The van der Waals surface area contributed by atoms with E-state index in [-0.39, 0.29) is 0 Å². The average Bonchev–Trinajstić information content (AvgIpc) is 2.74. The minimum absolute atomic E-state index is 0.506. The summed E-state index contributed by atoms with van der Waals surface area (Å²) in [5.41, 5.74) is 1.52. The Labute approximate surface area is 177 Å². The van der Waals surface area contributed by atoms with Gasteiger partial charge in [-0.05, 0) is 35.7 Å². The summed E-state index contributed by atoms with van der Waals surface area (Å²) in [5.74, 6) is 0. The summed E-state index contributed by atoms with van der Waals surface area (Å²) < 4.78 is 0. The van der Waals surface area contributed by atoms with Crippen molar-refractivity contribution < 1.29 is 9.85 Å². The van der Waals surface area contributed by atoms with E-state index in [9.17, 15) is 20.2 Å². The Morgan fingerprint density at radius 3 is 1.97 bits per heavy atom. The molecule has 2 aromatic carbocycles. The van der Waals surface area contributed by atoms with Crippen LogP contribution < -0.4 is 5.32 Å². The zero-order valence-electron chi connectivity index (χ0n) is 17.4. The topological polar surface area (TPSA) is 98.3 Å². The van der Waals surface area contributed by atoms with Crippen LogP contribution >= 0.6 is 0 Å². The summed E-state index contributed by atoms with van der Waals surface area (Å²) >= 11 is 0. The van der Waals surface area contributed by atoms with Crippen LogP contribution in [0.3, 0.4) is 0 Å². The van der Waals surface area contributed by atoms with E-state index in [0.717, 1.165) is 30.3 Å². The highest BCUT2D eigenvalue weighted by molar-refractivity contribution is 5.73. The van der Waals surface area contributed by atoms with Crippen molar-refractivity contribution in [3.63, 3.8) is 0 Å². The van der Waals surface area contributed by atoms with E-state index < -0.39 is 21.2 Å². The molecular formula is C23H29N3O4. The van der Waals surface area contributed by atoms with E-state index >= 15 is 0 Å². The van der Waals surface area contributed by atoms with E-state index in [4.69, 9.17) is 0 Å². The molecule has 0 aliphatic rings. The maximum Gasteiger partial charge on any atom is 0.346 e. The fourth-order valence-corrected chi connectivity index (χ4v) is 3.16. The molecule has 7 heteroatoms. The fraction of sp³-hybridized carbons (Fsp3) is 0.391. The molecule has 0 spiro atoms. The number of nitrogens with zero attached hydrogens (tertiary/aromatic N) is 2. The van der Waals surface area contributed by atoms with Crippen LogP contribution in [0.25, 0.3) is 12.2 Å². The fourth-order valence-electron chi connectivity index (χ4n) is 3.16. The quantitative estimate of drug-likeness (QED) is 0.168. The first kappa shape index (κ1) is 23.1. The molecule has 160 valence electrons. The number of nitro groups is 2. The van der Waals surface area contributed by atoms with Crippen molar-refractivity contribution in [3.05, 3.63) is 73.8 Å². The predicted molar refractivity (Wildman–Crippen MR) is 122 cm³/mol. The van der Waals surface area contributed by atoms with E-state index in [0.29, 0.717) is 5.56 Å². The first-order valence-electron chi connectivity index (χ1n) is 10.5. The van der Waals surface area contributed by atoms with Gasteiger partial charge in [-0.1, -0.05) is 69.7 Å². The number of hydrogen-bond donors (Lipinski definition) is 1. The number of benzene rings is 2. The number of hydrogen-bond acceptors (Lipinski definition) is 5. The molecule has 1 N–H and O–H groups in total. The van der Waals surface area contributed by atoms with Gasteiger partial charge in [0.15, 0.2) is 0 Å². The van der Waals surface area contributed by atoms with Crippen molar-refractivity contribution >= 4 is 29.2 Å². The average molecular weight is 412 g/mol. The van der Waals surface area contributed by atoms with Crippen LogP contribution in [0.1, 0.15) is 63.0 Å². The third kappa shape index (κ3) is 7.66. The molecule has 0 atom stereocenters. The van der Waals surface area contributed by atoms with Crippen molar-refractivity contribution in [2.24, 2.45) is 0 Å². The number of rotatable bonds is 13. The summed E-state index contributed by atoms with van der Waals surface area (Å²) in [5, 5.41) is 25.4. The summed E-state index contributed by atoms with van der Waals surface area (Å²) in [6.45, 7) is 3.18. The maximum atomic E-state index is 11.0. The lowest BCUT2D eigenvalue weighted by atomic mass is 10.1. The lowest BCUT2D eigenvalue weighted by molar-refractivity contribution is -0.422. The van der Waals surface area contributed by atoms with Crippen LogP contribution in [-0.4, -0.2) is 16.4 Å². The molecule has 0 saturated carbocycles. The molecule has 7 nitrogen and oxygen atoms in total. The van der Waals surface area contributed by atoms with Crippen molar-refractivity contribution in [2.45, 2.75) is 51.9 Å². The second-order valence-corrected chi connectivity index (χ2v) is 7.27. The molecule has 0 amide bonds. The third-order valence-electron chi connectivity index (χ3n) is 4.88. The second kappa shape index (κ2) is 12.4. The third-order valence-corrected chi connectivity index (χ3v) is 4.88. The van der Waals surface area contributed by atoms with Gasteiger partial charge in [-0.15, -0.1) is 0 Å². The summed E-state index contributed by atoms with van der Waals surface area (Å²) in [4.78, 5) is 20.5. The Morgan fingerprint density at radius 1 is 0.767 bits per heavy atom. The Balaban J connectivity index is 1.84. The molecule has 2 aromatic rings. The Morgan fingerprint density at radius 2 is 1.33 bits per heavy atom. The maximum absolute atomic E-state index is 11.0. The van der Waals surface area contributed by atoms with E-state index in [1.807, 2.05) is 30.3 Å². The number of anilines is 1. The van der Waals surface area contributed by atoms with Crippen LogP contribution in [0.4, 0.5) is 17.1 Å². The molecule has 0 unspecified atom stereocenters. The van der Waals surface area contributed by atoms with Crippen molar-refractivity contribution in [3.8, 4) is 0 Å². The standard InChI is InChI=1S/C23H29N3O4/c1-2-3-4-5-6-7-8-17-24-21-14-11-19(12-15-21)9-10-20-13-16-22(25(27)28)23(18-20)26(29)30/h9-16,18,24H,2-8,17H2,1H3. The van der Waals surface area contributed by atoms with Crippen molar-refractivity contribution in [1.29, 1.82) is 0 Å². The van der Waals surface area contributed by atoms with Gasteiger partial charge in [-0.2, -0.15) is 0 Å². The van der Waals surface area contributed by atoms with Gasteiger partial charge < -0.3 is 5.32 Å². The molecule has 0 aliphatic heterocycles. The predicted octanol–water partition coefficient (Wildman–Crippen LogP) is 6.84. The molecular weight excluding hydrogens is 382 g/mol. The molecule has 0 saturated heterocycles. The zero-order valence-corrected chi connectivity index (χ0v) is 17.4. The normalized spacial score (nSPS) is 11.0. The highest BCUT2D eigenvalue weighted by atomic mass is 16.6. The molecule has 0 bridgehead atoms. The van der Waals surface area contributed by atoms with Gasteiger partial charge in [-0.3, -0.25) is 20.2 Å². The molecule has 2 rings (SSSR count). The summed E-state index contributed by atoms with van der Waals surface area (Å²) in [7, 11) is 0. The minimum Gasteiger partial charge on any atom is -0.385 e. The zero-order chi connectivity index (χ0) is 21.8. The number of unbranched alkanes of at least 4 members (excludes halogenated alkanes) is 6. The van der Waals surface area contributed by atoms with Crippen LogP contribution in [0.15, 0.2) is 42.5 Å². The Kier molecular flexibility index (Phi) is 9.51. The van der Waals surface area contributed by atoms with Crippen LogP contribution in [0, 0.1) is 20.2 Å². The van der Waals surface area contributed by atoms with Crippen LogP contribution in [0.5, 0.6) is 0 Å². The van der Waals surface area contributed by atoms with Crippen LogP contribution in [0.2, 0.25) is 0 Å². The smallest absolute Gasteiger partial charge is 0.346 e. The molecule has 0 aliphatic carbocycles. The lowest BCUT2D eigenvalue weighted by Gasteiger charge is -2.07. The highest BCUT2D eigenvalue weighted by Crippen LogP contribution is 2.28. The van der Waals surface area contributed by atoms with Gasteiger partial charge in [-0.25, -0.2) is 0 Å². The highest BCUT2D eigenvalue weighted by Gasteiger charge is 2.23. The van der Waals surface area contributed by atoms with Gasteiger partial charge in [0.25, 0.3) is 0 Å². The minimum atomic E-state index is -0.746. The van der Waals surface area contributed by atoms with E-state index in [1.165, 1.54) is 50.7 Å². The largest absolute Gasteiger partial charge is 0.385 e. The SMILES string of the molecule is CCCCCCCCCNc1ccc(C=Cc2ccc([N+](=O)[O-])c([N+](=O)[O-])c2)cc1. The molecule has 30 heavy (non-hydrogen) atoms. The van der Waals surface area contributed by atoms with Crippen molar-refractivity contribution in [2.75, 3.05) is 11.9 Å². The molecule has 0 radical (unpaired) electrons. The van der Waals surface area contributed by atoms with Gasteiger partial charge in [0.1, 0.15) is 0 Å². The number of nitrogens with one attached hydrogen (secondary N) is 1. The molecule has 0 heterocycles. The van der Waals surface area contributed by atoms with Gasteiger partial charge in [0, 0.05) is 24.4 Å². The molecule has 0 fully saturated rings. The van der Waals surface area contributed by atoms with E-state index in [2.05, 4.69) is 12.2 Å². The lowest BCUT2D eigenvalue weighted by Crippen LogP contribution is -2.01. The second-order valence-electron chi connectivity index (χ2n) is 7.27. The summed E-state index contributed by atoms with van der Waals surface area (Å²) in [6, 6.07) is 11.8. The number of nitro benzene ring substituents is 2. The Bertz CT molecular complexity index is 863. The van der Waals surface area contributed by atoms with Gasteiger partial charge in [0.2, 0.25) is 0 Å². The van der Waals surface area contributed by atoms with Crippen molar-refractivity contribution in [1.82, 2.24) is 0 Å². The first-order chi connectivity index (χ1) is 14.5. The Hall–Kier alpha value is -3.22. The monoisotopic (exact) mass is 411 g/mol. The van der Waals surface area contributed by atoms with Gasteiger partial charge >= 0.3 is 11.4 Å². The van der Waals surface area contributed by atoms with Crippen LogP contribution in [-0.2, 0) is 0 Å². The summed E-state index contributed by atoms with van der Waals surface area (Å²) in [6.07, 6.45) is 12.5.